The molecule has 0 aliphatic heterocycles. The average Bonchev–Trinajstić information content (AvgIpc) is 2.03. The van der Waals surface area contributed by atoms with Crippen LogP contribution >= 0.6 is 15.9 Å². The minimum absolute atomic E-state index is 0.515. The smallest absolute Gasteiger partial charge is 0.228 e. The van der Waals surface area contributed by atoms with Gasteiger partial charge in [0.15, 0.2) is 0 Å². The van der Waals surface area contributed by atoms with E-state index >= 15 is 0 Å². The average molecular weight is 218 g/mol. The van der Waals surface area contributed by atoms with E-state index in [1.165, 1.54) is 0 Å². The van der Waals surface area contributed by atoms with Crippen LogP contribution in [-0.2, 0) is 0 Å². The van der Waals surface area contributed by atoms with Gasteiger partial charge in [-0.1, -0.05) is 0 Å². The van der Waals surface area contributed by atoms with E-state index < -0.39 is 0 Å². The summed E-state index contributed by atoms with van der Waals surface area (Å²) in [6.45, 7) is 0. The van der Waals surface area contributed by atoms with Crippen LogP contribution < -0.4 is 10.6 Å². The van der Waals surface area contributed by atoms with E-state index in [1.54, 1.807) is 14.1 Å². The fraction of sp³-hybridized carbons (Fsp3) is 0.400. The number of aromatic nitrogens is 3. The molecule has 0 aromatic carbocycles. The minimum Gasteiger partial charge on any atom is -0.357 e. The van der Waals surface area contributed by atoms with Crippen LogP contribution in [-0.4, -0.2) is 29.0 Å². The Morgan fingerprint density at radius 3 is 1.82 bits per heavy atom. The summed E-state index contributed by atoms with van der Waals surface area (Å²) in [4.78, 5) is 11.9. The molecular weight excluding hydrogens is 210 g/mol. The molecule has 5 nitrogen and oxygen atoms in total. The number of nitrogens with zero attached hydrogens (tertiary/aromatic N) is 3. The summed E-state index contributed by atoms with van der Waals surface area (Å²) in [6, 6.07) is 0. The highest BCUT2D eigenvalue weighted by molar-refractivity contribution is 9.10. The van der Waals surface area contributed by atoms with Crippen molar-refractivity contribution in [3.05, 3.63) is 4.73 Å². The second-order valence-corrected chi connectivity index (χ2v) is 2.46. The van der Waals surface area contributed by atoms with Gasteiger partial charge in [-0.15, -0.1) is 0 Å². The van der Waals surface area contributed by atoms with Crippen molar-refractivity contribution in [1.82, 2.24) is 15.0 Å². The molecule has 1 rings (SSSR count). The van der Waals surface area contributed by atoms with Crippen LogP contribution in [0.2, 0.25) is 0 Å². The van der Waals surface area contributed by atoms with Crippen LogP contribution in [0.4, 0.5) is 11.9 Å². The number of anilines is 2. The Morgan fingerprint density at radius 2 is 1.45 bits per heavy atom. The third-order valence-electron chi connectivity index (χ3n) is 1.06. The Balaban J connectivity index is 3.02. The molecule has 1 heterocycles. The number of rotatable bonds is 2. The normalized spacial score (nSPS) is 9.36. The molecule has 6 heteroatoms. The Hall–Kier alpha value is -0.910. The molecule has 1 aromatic rings. The summed E-state index contributed by atoms with van der Waals surface area (Å²) in [6.07, 6.45) is 0. The molecule has 1 aromatic heterocycles. The van der Waals surface area contributed by atoms with E-state index in [4.69, 9.17) is 0 Å². The number of halogens is 1. The van der Waals surface area contributed by atoms with Gasteiger partial charge in [-0.05, 0) is 15.9 Å². The third-order valence-corrected chi connectivity index (χ3v) is 1.41. The van der Waals surface area contributed by atoms with Crippen molar-refractivity contribution in [3.63, 3.8) is 0 Å². The molecule has 11 heavy (non-hydrogen) atoms. The van der Waals surface area contributed by atoms with Crippen molar-refractivity contribution in [3.8, 4) is 0 Å². The first-order chi connectivity index (χ1) is 5.26. The van der Waals surface area contributed by atoms with Crippen LogP contribution in [0.25, 0.3) is 0 Å². The maximum absolute atomic E-state index is 4.00. The van der Waals surface area contributed by atoms with Gasteiger partial charge in [0.1, 0.15) is 0 Å². The first-order valence-corrected chi connectivity index (χ1v) is 3.82. The van der Waals surface area contributed by atoms with Gasteiger partial charge in [0.05, 0.1) is 0 Å². The summed E-state index contributed by atoms with van der Waals surface area (Å²) in [5.41, 5.74) is 0. The second kappa shape index (κ2) is 3.47. The van der Waals surface area contributed by atoms with Gasteiger partial charge >= 0.3 is 0 Å². The predicted molar refractivity (Wildman–Crippen MR) is 46.6 cm³/mol. The molecule has 0 aliphatic rings. The molecule has 0 saturated carbocycles. The Bertz CT molecular complexity index is 228. The van der Waals surface area contributed by atoms with Gasteiger partial charge in [-0.2, -0.15) is 15.0 Å². The van der Waals surface area contributed by atoms with Crippen LogP contribution in [0, 0.1) is 0 Å². The van der Waals surface area contributed by atoms with Crippen molar-refractivity contribution in [2.24, 2.45) is 0 Å². The van der Waals surface area contributed by atoms with Gasteiger partial charge < -0.3 is 10.6 Å². The van der Waals surface area contributed by atoms with Crippen molar-refractivity contribution in [1.29, 1.82) is 0 Å². The molecule has 0 amide bonds. The van der Waals surface area contributed by atoms with Crippen molar-refractivity contribution < 1.29 is 0 Å². The van der Waals surface area contributed by atoms with E-state index in [2.05, 4.69) is 41.5 Å². The van der Waals surface area contributed by atoms with E-state index in [1.807, 2.05) is 0 Å². The van der Waals surface area contributed by atoms with Crippen molar-refractivity contribution in [2.75, 3.05) is 24.7 Å². The maximum Gasteiger partial charge on any atom is 0.228 e. The molecule has 60 valence electrons. The second-order valence-electron chi connectivity index (χ2n) is 1.75. The topological polar surface area (TPSA) is 62.7 Å². The molecule has 2 N–H and O–H groups in total. The first-order valence-electron chi connectivity index (χ1n) is 3.03. The fourth-order valence-corrected chi connectivity index (χ4v) is 0.910. The first kappa shape index (κ1) is 8.19. The Labute approximate surface area is 72.8 Å². The van der Waals surface area contributed by atoms with Gasteiger partial charge in [-0.25, -0.2) is 0 Å². The highest BCUT2D eigenvalue weighted by Gasteiger charge is 1.99. The Morgan fingerprint density at radius 1 is 1.00 bits per heavy atom. The zero-order valence-corrected chi connectivity index (χ0v) is 7.81. The molecular formula is C5H8BrN5. The zero-order valence-electron chi connectivity index (χ0n) is 6.22. The number of nitrogens with one attached hydrogen (secondary N) is 2. The van der Waals surface area contributed by atoms with E-state index in [-0.39, 0.29) is 0 Å². The lowest BCUT2D eigenvalue weighted by atomic mass is 10.8. The summed E-state index contributed by atoms with van der Waals surface area (Å²) >= 11 is 3.15. The van der Waals surface area contributed by atoms with Crippen LogP contribution in [0.5, 0.6) is 0 Å². The van der Waals surface area contributed by atoms with Crippen LogP contribution in [0.1, 0.15) is 0 Å². The summed E-state index contributed by atoms with van der Waals surface area (Å²) in [5, 5.41) is 5.62. The summed E-state index contributed by atoms with van der Waals surface area (Å²) in [7, 11) is 3.50. The molecule has 0 spiro atoms. The highest BCUT2D eigenvalue weighted by Crippen LogP contribution is 2.08. The molecule has 0 fully saturated rings. The van der Waals surface area contributed by atoms with E-state index in [0.717, 1.165) is 0 Å². The molecule has 0 atom stereocenters. The van der Waals surface area contributed by atoms with Gasteiger partial charge in [-0.3, -0.25) is 0 Å². The quantitative estimate of drug-likeness (QED) is 0.765. The van der Waals surface area contributed by atoms with Crippen molar-refractivity contribution >= 4 is 27.8 Å². The van der Waals surface area contributed by atoms with E-state index in [0.29, 0.717) is 16.6 Å². The summed E-state index contributed by atoms with van der Waals surface area (Å²) in [5.74, 6) is 1.08. The van der Waals surface area contributed by atoms with Crippen molar-refractivity contribution in [2.45, 2.75) is 0 Å². The molecule has 0 aliphatic carbocycles. The molecule has 0 bridgehead atoms. The lowest BCUT2D eigenvalue weighted by Gasteiger charge is -2.01. The Kier molecular flexibility index (Phi) is 2.58. The number of hydrogen-bond donors (Lipinski definition) is 2. The van der Waals surface area contributed by atoms with Gasteiger partial charge in [0.2, 0.25) is 16.6 Å². The molecule has 0 radical (unpaired) electrons. The lowest BCUT2D eigenvalue weighted by molar-refractivity contribution is 1.01. The predicted octanol–water partition coefficient (Wildman–Crippen LogP) is 0.717. The molecule has 0 saturated heterocycles. The minimum atomic E-state index is 0.515. The van der Waals surface area contributed by atoms with E-state index in [9.17, 15) is 0 Å². The van der Waals surface area contributed by atoms with Gasteiger partial charge in [0, 0.05) is 14.1 Å². The largest absolute Gasteiger partial charge is 0.357 e. The molecule has 0 unspecified atom stereocenters. The highest BCUT2D eigenvalue weighted by atomic mass is 79.9. The lowest BCUT2D eigenvalue weighted by Crippen LogP contribution is -2.03. The maximum atomic E-state index is 4.00. The third kappa shape index (κ3) is 2.01. The zero-order chi connectivity index (χ0) is 8.27. The standard InChI is InChI=1S/C5H8BrN5/c1-7-4-9-3(6)10-5(8-2)11-4/h1-2H3,(H2,7,8,9,10,11). The van der Waals surface area contributed by atoms with Crippen LogP contribution in [0.3, 0.4) is 0 Å². The number of hydrogen-bond acceptors (Lipinski definition) is 5. The SMILES string of the molecule is CNc1nc(Br)nc(NC)n1. The monoisotopic (exact) mass is 217 g/mol. The van der Waals surface area contributed by atoms with Crippen LogP contribution in [0.15, 0.2) is 4.73 Å². The summed E-state index contributed by atoms with van der Waals surface area (Å²) < 4.78 is 0.515. The van der Waals surface area contributed by atoms with Gasteiger partial charge in [0.25, 0.3) is 0 Å². The fourth-order valence-electron chi connectivity index (χ4n) is 0.574.